The molecule has 3 heterocycles. The Morgan fingerprint density at radius 1 is 1.35 bits per heavy atom. The van der Waals surface area contributed by atoms with Gasteiger partial charge in [0.2, 0.25) is 0 Å². The smallest absolute Gasteiger partial charge is 0.180 e. The number of rotatable bonds is 5. The summed E-state index contributed by atoms with van der Waals surface area (Å²) in [4.78, 5) is 4.20. The number of furan rings is 1. The third kappa shape index (κ3) is 3.39. The molecule has 2 aromatic heterocycles. The lowest BCUT2D eigenvalue weighted by Gasteiger charge is -2.20. The molecule has 0 aromatic carbocycles. The lowest BCUT2D eigenvalue weighted by molar-refractivity contribution is 0.00122. The van der Waals surface area contributed by atoms with Crippen LogP contribution in [0.25, 0.3) is 0 Å². The van der Waals surface area contributed by atoms with Crippen LogP contribution in [0.5, 0.6) is 0 Å². The van der Waals surface area contributed by atoms with Gasteiger partial charge in [-0.15, -0.1) is 11.3 Å². The molecule has 6 heteroatoms. The van der Waals surface area contributed by atoms with E-state index in [1.807, 2.05) is 17.5 Å². The number of anilines is 1. The van der Waals surface area contributed by atoms with Gasteiger partial charge in [0.25, 0.3) is 0 Å². The number of nitrogen functional groups attached to an aromatic ring is 1. The minimum Gasteiger partial charge on any atom is -0.462 e. The van der Waals surface area contributed by atoms with Crippen molar-refractivity contribution < 1.29 is 9.15 Å². The number of thiazole rings is 1. The van der Waals surface area contributed by atoms with Gasteiger partial charge in [-0.1, -0.05) is 0 Å². The summed E-state index contributed by atoms with van der Waals surface area (Å²) in [6, 6.07) is 4.03. The van der Waals surface area contributed by atoms with E-state index in [4.69, 9.17) is 14.9 Å². The molecule has 5 nitrogen and oxygen atoms in total. The Labute approximate surface area is 122 Å². The van der Waals surface area contributed by atoms with Gasteiger partial charge in [0.1, 0.15) is 17.6 Å². The van der Waals surface area contributed by atoms with Crippen LogP contribution in [0.4, 0.5) is 5.13 Å². The molecular weight excluding hydrogens is 274 g/mol. The molecule has 0 spiro atoms. The van der Waals surface area contributed by atoms with Gasteiger partial charge in [0.15, 0.2) is 5.13 Å². The fraction of sp³-hybridized carbons (Fsp3) is 0.500. The summed E-state index contributed by atoms with van der Waals surface area (Å²) in [5.41, 5.74) is 6.56. The fourth-order valence-corrected chi connectivity index (χ4v) is 2.91. The summed E-state index contributed by atoms with van der Waals surface area (Å²) in [6.45, 7) is 2.22. The Bertz CT molecular complexity index is 546. The second-order valence-electron chi connectivity index (χ2n) is 4.94. The molecule has 3 rings (SSSR count). The number of aromatic nitrogens is 1. The van der Waals surface area contributed by atoms with Crippen LogP contribution in [-0.2, 0) is 17.8 Å². The largest absolute Gasteiger partial charge is 0.462 e. The minimum atomic E-state index is 0.135. The molecule has 1 atom stereocenters. The van der Waals surface area contributed by atoms with E-state index >= 15 is 0 Å². The van der Waals surface area contributed by atoms with Crippen LogP contribution in [0.3, 0.4) is 0 Å². The van der Waals surface area contributed by atoms with Crippen molar-refractivity contribution in [1.82, 2.24) is 10.3 Å². The van der Waals surface area contributed by atoms with Gasteiger partial charge in [0, 0.05) is 18.5 Å². The van der Waals surface area contributed by atoms with Crippen LogP contribution >= 0.6 is 11.3 Å². The van der Waals surface area contributed by atoms with Gasteiger partial charge in [-0.2, -0.15) is 0 Å². The van der Waals surface area contributed by atoms with Crippen LogP contribution in [0.15, 0.2) is 21.9 Å². The fourth-order valence-electron chi connectivity index (χ4n) is 2.35. The Kier molecular flexibility index (Phi) is 4.34. The summed E-state index contributed by atoms with van der Waals surface area (Å²) in [6.07, 6.45) is 3.56. The molecule has 1 unspecified atom stereocenters. The second kappa shape index (κ2) is 6.39. The molecule has 1 fully saturated rings. The van der Waals surface area contributed by atoms with Gasteiger partial charge < -0.3 is 20.2 Å². The number of nitrogens with two attached hydrogens (primary N) is 1. The second-order valence-corrected chi connectivity index (χ2v) is 5.83. The van der Waals surface area contributed by atoms with Crippen LogP contribution in [0, 0.1) is 0 Å². The zero-order valence-electron chi connectivity index (χ0n) is 11.3. The molecule has 1 aliphatic rings. The maximum Gasteiger partial charge on any atom is 0.180 e. The number of ether oxygens (including phenoxy) is 1. The summed E-state index contributed by atoms with van der Waals surface area (Å²) in [5.74, 6) is 1.87. The topological polar surface area (TPSA) is 73.3 Å². The van der Waals surface area contributed by atoms with Gasteiger partial charge >= 0.3 is 0 Å². The normalized spacial score (nSPS) is 19.3. The van der Waals surface area contributed by atoms with E-state index in [9.17, 15) is 0 Å². The Balaban J connectivity index is 1.49. The average Bonchev–Trinajstić information content (AvgIpc) is 3.09. The van der Waals surface area contributed by atoms with E-state index in [1.54, 1.807) is 0 Å². The first-order valence-corrected chi connectivity index (χ1v) is 7.80. The third-order valence-corrected chi connectivity index (χ3v) is 4.08. The van der Waals surface area contributed by atoms with Crippen molar-refractivity contribution in [2.75, 3.05) is 12.3 Å². The predicted octanol–water partition coefficient (Wildman–Crippen LogP) is 2.85. The van der Waals surface area contributed by atoms with E-state index < -0.39 is 0 Å². The first-order chi connectivity index (χ1) is 9.81. The maximum absolute atomic E-state index is 5.84. The van der Waals surface area contributed by atoms with E-state index in [0.717, 1.165) is 36.7 Å². The number of hydrogen-bond donors (Lipinski definition) is 2. The molecule has 1 saturated heterocycles. The van der Waals surface area contributed by atoms with Crippen LogP contribution in [-0.4, -0.2) is 11.6 Å². The van der Waals surface area contributed by atoms with Crippen LogP contribution in [0.1, 0.15) is 42.6 Å². The zero-order valence-corrected chi connectivity index (χ0v) is 12.1. The SMILES string of the molecule is Nc1nc(CNCc2ccc(C3CCCCO3)o2)cs1. The van der Waals surface area contributed by atoms with Crippen molar-refractivity contribution in [1.29, 1.82) is 0 Å². The standard InChI is InChI=1S/C14H19N3O2S/c15-14-17-10(9-20-14)7-16-8-11-4-5-13(19-11)12-3-1-2-6-18-12/h4-5,9,12,16H,1-3,6-8H2,(H2,15,17). The van der Waals surface area contributed by atoms with Crippen molar-refractivity contribution in [3.63, 3.8) is 0 Å². The highest BCUT2D eigenvalue weighted by atomic mass is 32.1. The molecule has 0 amide bonds. The minimum absolute atomic E-state index is 0.135. The molecule has 2 aromatic rings. The first kappa shape index (κ1) is 13.6. The van der Waals surface area contributed by atoms with Crippen molar-refractivity contribution >= 4 is 16.5 Å². The molecule has 0 aliphatic carbocycles. The summed E-state index contributed by atoms with van der Waals surface area (Å²) in [7, 11) is 0. The number of hydrogen-bond acceptors (Lipinski definition) is 6. The molecule has 1 aliphatic heterocycles. The van der Waals surface area contributed by atoms with Gasteiger partial charge in [0.05, 0.1) is 12.2 Å². The molecule has 0 radical (unpaired) electrons. The zero-order chi connectivity index (χ0) is 13.8. The van der Waals surface area contributed by atoms with Crippen LogP contribution in [0.2, 0.25) is 0 Å². The van der Waals surface area contributed by atoms with Crippen molar-refractivity contribution in [2.24, 2.45) is 0 Å². The molecule has 0 bridgehead atoms. The molecule has 108 valence electrons. The molecular formula is C14H19N3O2S. The van der Waals surface area contributed by atoms with Gasteiger partial charge in [-0.05, 0) is 31.4 Å². The quantitative estimate of drug-likeness (QED) is 0.886. The van der Waals surface area contributed by atoms with Gasteiger partial charge in [-0.25, -0.2) is 4.98 Å². The maximum atomic E-state index is 5.84. The number of nitrogens with zero attached hydrogens (tertiary/aromatic N) is 1. The summed E-state index contributed by atoms with van der Waals surface area (Å²) < 4.78 is 11.6. The highest BCUT2D eigenvalue weighted by Crippen LogP contribution is 2.29. The third-order valence-electron chi connectivity index (χ3n) is 3.35. The van der Waals surface area contributed by atoms with Crippen molar-refractivity contribution in [3.8, 4) is 0 Å². The highest BCUT2D eigenvalue weighted by Gasteiger charge is 2.19. The highest BCUT2D eigenvalue weighted by molar-refractivity contribution is 7.13. The van der Waals surface area contributed by atoms with Gasteiger partial charge in [-0.3, -0.25) is 0 Å². The predicted molar refractivity (Wildman–Crippen MR) is 78.3 cm³/mol. The lowest BCUT2D eigenvalue weighted by Crippen LogP contribution is -2.13. The lowest BCUT2D eigenvalue weighted by atomic mass is 10.1. The van der Waals surface area contributed by atoms with E-state index in [-0.39, 0.29) is 6.10 Å². The average molecular weight is 293 g/mol. The van der Waals surface area contributed by atoms with Crippen molar-refractivity contribution in [2.45, 2.75) is 38.5 Å². The first-order valence-electron chi connectivity index (χ1n) is 6.92. The van der Waals surface area contributed by atoms with E-state index in [2.05, 4.69) is 10.3 Å². The Hall–Kier alpha value is -1.37. The number of nitrogens with one attached hydrogen (secondary N) is 1. The van der Waals surface area contributed by atoms with Crippen molar-refractivity contribution in [3.05, 3.63) is 34.7 Å². The summed E-state index contributed by atoms with van der Waals surface area (Å²) in [5, 5.41) is 5.87. The van der Waals surface area contributed by atoms with Crippen LogP contribution < -0.4 is 11.1 Å². The molecule has 20 heavy (non-hydrogen) atoms. The molecule has 3 N–H and O–H groups in total. The molecule has 0 saturated carbocycles. The van der Waals surface area contributed by atoms with E-state index in [1.165, 1.54) is 17.8 Å². The monoisotopic (exact) mass is 293 g/mol. The Morgan fingerprint density at radius 2 is 2.30 bits per heavy atom. The van der Waals surface area contributed by atoms with E-state index in [0.29, 0.717) is 18.2 Å². The summed E-state index contributed by atoms with van der Waals surface area (Å²) >= 11 is 1.46. The Morgan fingerprint density at radius 3 is 3.05 bits per heavy atom.